The molecule has 0 aliphatic carbocycles. The van der Waals surface area contributed by atoms with E-state index in [4.69, 9.17) is 4.74 Å². The van der Waals surface area contributed by atoms with Crippen LogP contribution in [0.3, 0.4) is 0 Å². The Morgan fingerprint density at radius 1 is 1.03 bits per heavy atom. The number of aromatic nitrogens is 2. The van der Waals surface area contributed by atoms with Gasteiger partial charge in [0.25, 0.3) is 11.8 Å². The maximum atomic E-state index is 12.6. The fourth-order valence-electron chi connectivity index (χ4n) is 2.91. The Labute approximate surface area is 176 Å². The Hall–Kier alpha value is -3.45. The van der Waals surface area contributed by atoms with Crippen molar-refractivity contribution >= 4 is 17.5 Å². The lowest BCUT2D eigenvalue weighted by molar-refractivity contribution is 0.0943. The number of benzene rings is 2. The van der Waals surface area contributed by atoms with Crippen molar-refractivity contribution < 1.29 is 14.3 Å². The van der Waals surface area contributed by atoms with Gasteiger partial charge < -0.3 is 15.4 Å². The molecule has 0 spiro atoms. The molecule has 0 aliphatic heterocycles. The maximum absolute atomic E-state index is 12.6. The molecule has 0 atom stereocenters. The van der Waals surface area contributed by atoms with Crippen molar-refractivity contribution in [2.75, 3.05) is 25.1 Å². The molecule has 30 heavy (non-hydrogen) atoms. The minimum Gasteiger partial charge on any atom is -0.382 e. The number of anilines is 1. The van der Waals surface area contributed by atoms with Crippen LogP contribution in [-0.2, 0) is 11.3 Å². The number of nitrogens with one attached hydrogen (secondary N) is 2. The first kappa shape index (κ1) is 21.3. The molecule has 2 amide bonds. The second kappa shape index (κ2) is 10.9. The van der Waals surface area contributed by atoms with Crippen LogP contribution in [0.5, 0.6) is 0 Å². The van der Waals surface area contributed by atoms with Crippen molar-refractivity contribution in [3.8, 4) is 0 Å². The summed E-state index contributed by atoms with van der Waals surface area (Å²) in [6, 6.07) is 16.1. The van der Waals surface area contributed by atoms with Crippen molar-refractivity contribution in [2.45, 2.75) is 19.9 Å². The van der Waals surface area contributed by atoms with Gasteiger partial charge in [0, 0.05) is 49.0 Å². The molecule has 0 saturated heterocycles. The zero-order valence-corrected chi connectivity index (χ0v) is 17.0. The molecule has 3 rings (SSSR count). The zero-order valence-electron chi connectivity index (χ0n) is 17.0. The lowest BCUT2D eigenvalue weighted by atomic mass is 10.1. The average molecular weight is 406 g/mol. The molecule has 0 bridgehead atoms. The Balaban J connectivity index is 1.54. The van der Waals surface area contributed by atoms with E-state index in [0.717, 1.165) is 12.0 Å². The summed E-state index contributed by atoms with van der Waals surface area (Å²) >= 11 is 0. The molecular formula is C23H26N4O3. The molecule has 0 aliphatic rings. The minimum absolute atomic E-state index is 0.175. The molecular weight excluding hydrogens is 380 g/mol. The second-order valence-electron chi connectivity index (χ2n) is 6.74. The van der Waals surface area contributed by atoms with Crippen LogP contribution in [0.25, 0.3) is 0 Å². The summed E-state index contributed by atoms with van der Waals surface area (Å²) in [6.45, 7) is 4.42. The molecule has 2 aromatic carbocycles. The predicted octanol–water partition coefficient (Wildman–Crippen LogP) is 3.34. The third kappa shape index (κ3) is 6.28. The van der Waals surface area contributed by atoms with Crippen LogP contribution in [0.15, 0.2) is 67.0 Å². The molecule has 0 radical (unpaired) electrons. The lowest BCUT2D eigenvalue weighted by Crippen LogP contribution is -2.25. The first-order valence-electron chi connectivity index (χ1n) is 9.99. The highest BCUT2D eigenvalue weighted by Crippen LogP contribution is 2.13. The number of carbonyl (C=O) groups excluding carboxylic acids is 2. The van der Waals surface area contributed by atoms with E-state index in [-0.39, 0.29) is 11.8 Å². The molecule has 7 heteroatoms. The highest BCUT2D eigenvalue weighted by atomic mass is 16.5. The molecule has 3 aromatic rings. The van der Waals surface area contributed by atoms with Gasteiger partial charge in [0.1, 0.15) is 0 Å². The molecule has 2 N–H and O–H groups in total. The molecule has 0 fully saturated rings. The number of nitrogens with zero attached hydrogens (tertiary/aromatic N) is 2. The van der Waals surface area contributed by atoms with Crippen LogP contribution < -0.4 is 10.6 Å². The van der Waals surface area contributed by atoms with Gasteiger partial charge in [-0.1, -0.05) is 18.2 Å². The van der Waals surface area contributed by atoms with Gasteiger partial charge in [-0.15, -0.1) is 0 Å². The number of ether oxygens (including phenoxy) is 1. The molecule has 1 heterocycles. The van der Waals surface area contributed by atoms with E-state index in [1.807, 2.05) is 36.0 Å². The van der Waals surface area contributed by atoms with E-state index in [1.54, 1.807) is 42.6 Å². The first-order valence-corrected chi connectivity index (χ1v) is 9.99. The largest absolute Gasteiger partial charge is 0.382 e. The van der Waals surface area contributed by atoms with Gasteiger partial charge in [0.15, 0.2) is 0 Å². The van der Waals surface area contributed by atoms with Crippen LogP contribution in [-0.4, -0.2) is 41.4 Å². The van der Waals surface area contributed by atoms with Gasteiger partial charge in [-0.25, -0.2) is 0 Å². The standard InChI is InChI=1S/C23H26N4O3/c1-2-30-15-5-12-24-22(28)20-6-3-7-21(16-20)26-23(29)19-10-8-18(9-11-19)17-27-14-4-13-25-27/h3-4,6-11,13-14,16H,2,5,12,15,17H2,1H3,(H,24,28)(H,26,29). The molecule has 7 nitrogen and oxygen atoms in total. The van der Waals surface area contributed by atoms with Gasteiger partial charge in [-0.3, -0.25) is 14.3 Å². The predicted molar refractivity (Wildman–Crippen MR) is 116 cm³/mol. The van der Waals surface area contributed by atoms with Gasteiger partial charge in [0.2, 0.25) is 0 Å². The zero-order chi connectivity index (χ0) is 21.2. The number of amides is 2. The van der Waals surface area contributed by atoms with E-state index >= 15 is 0 Å². The summed E-state index contributed by atoms with van der Waals surface area (Å²) in [6.07, 6.45) is 4.38. The first-order chi connectivity index (χ1) is 14.7. The number of hydrogen-bond donors (Lipinski definition) is 2. The number of hydrogen-bond acceptors (Lipinski definition) is 4. The fourth-order valence-corrected chi connectivity index (χ4v) is 2.91. The van der Waals surface area contributed by atoms with Crippen molar-refractivity contribution in [3.05, 3.63) is 83.7 Å². The van der Waals surface area contributed by atoms with E-state index in [0.29, 0.717) is 43.1 Å². The Kier molecular flexibility index (Phi) is 7.74. The Morgan fingerprint density at radius 2 is 1.87 bits per heavy atom. The number of rotatable bonds is 10. The summed E-state index contributed by atoms with van der Waals surface area (Å²) in [5.74, 6) is -0.402. The van der Waals surface area contributed by atoms with Crippen molar-refractivity contribution in [2.24, 2.45) is 0 Å². The topological polar surface area (TPSA) is 85.3 Å². The minimum atomic E-state index is -0.227. The monoisotopic (exact) mass is 406 g/mol. The average Bonchev–Trinajstić information content (AvgIpc) is 3.27. The lowest BCUT2D eigenvalue weighted by Gasteiger charge is -2.09. The van der Waals surface area contributed by atoms with E-state index in [9.17, 15) is 9.59 Å². The Bertz CT molecular complexity index is 953. The highest BCUT2D eigenvalue weighted by molar-refractivity contribution is 6.05. The summed E-state index contributed by atoms with van der Waals surface area (Å²) in [5.41, 5.74) is 2.67. The summed E-state index contributed by atoms with van der Waals surface area (Å²) in [7, 11) is 0. The SMILES string of the molecule is CCOCCCNC(=O)c1cccc(NC(=O)c2ccc(Cn3cccn3)cc2)c1. The van der Waals surface area contributed by atoms with Gasteiger partial charge in [0.05, 0.1) is 6.54 Å². The van der Waals surface area contributed by atoms with Crippen LogP contribution in [0.4, 0.5) is 5.69 Å². The smallest absolute Gasteiger partial charge is 0.255 e. The quantitative estimate of drug-likeness (QED) is 0.506. The van der Waals surface area contributed by atoms with Crippen molar-refractivity contribution in [3.63, 3.8) is 0 Å². The van der Waals surface area contributed by atoms with Gasteiger partial charge in [-0.05, 0) is 55.3 Å². The fraction of sp³-hybridized carbons (Fsp3) is 0.261. The van der Waals surface area contributed by atoms with Gasteiger partial charge in [-0.2, -0.15) is 5.10 Å². The van der Waals surface area contributed by atoms with E-state index in [1.165, 1.54) is 0 Å². The molecule has 0 unspecified atom stereocenters. The molecule has 0 saturated carbocycles. The highest BCUT2D eigenvalue weighted by Gasteiger charge is 2.09. The van der Waals surface area contributed by atoms with E-state index in [2.05, 4.69) is 15.7 Å². The maximum Gasteiger partial charge on any atom is 0.255 e. The molecule has 156 valence electrons. The van der Waals surface area contributed by atoms with Crippen molar-refractivity contribution in [1.82, 2.24) is 15.1 Å². The second-order valence-corrected chi connectivity index (χ2v) is 6.74. The molecule has 1 aromatic heterocycles. The van der Waals surface area contributed by atoms with Crippen molar-refractivity contribution in [1.29, 1.82) is 0 Å². The third-order valence-electron chi connectivity index (χ3n) is 4.46. The summed E-state index contributed by atoms with van der Waals surface area (Å²) in [5, 5.41) is 9.88. The van der Waals surface area contributed by atoms with Crippen LogP contribution >= 0.6 is 0 Å². The van der Waals surface area contributed by atoms with Crippen LogP contribution in [0, 0.1) is 0 Å². The number of carbonyl (C=O) groups is 2. The van der Waals surface area contributed by atoms with Crippen LogP contribution in [0.2, 0.25) is 0 Å². The third-order valence-corrected chi connectivity index (χ3v) is 4.46. The summed E-state index contributed by atoms with van der Waals surface area (Å²) in [4.78, 5) is 24.8. The Morgan fingerprint density at radius 3 is 2.60 bits per heavy atom. The van der Waals surface area contributed by atoms with Crippen LogP contribution in [0.1, 0.15) is 39.6 Å². The summed E-state index contributed by atoms with van der Waals surface area (Å²) < 4.78 is 7.08. The van der Waals surface area contributed by atoms with Gasteiger partial charge >= 0.3 is 0 Å². The normalized spacial score (nSPS) is 10.6. The van der Waals surface area contributed by atoms with E-state index < -0.39 is 0 Å².